The predicted octanol–water partition coefficient (Wildman–Crippen LogP) is 2.66. The minimum absolute atomic E-state index is 0.0368. The first-order valence-electron chi connectivity index (χ1n) is 23.5. The summed E-state index contributed by atoms with van der Waals surface area (Å²) in [7, 11) is 1.75. The number of likely N-dealkylation sites (N-methyl/N-ethyl adjacent to an activating group) is 1. The summed E-state index contributed by atoms with van der Waals surface area (Å²) >= 11 is 3.03. The van der Waals surface area contributed by atoms with E-state index in [9.17, 15) is 43.2 Å². The molecule has 2 rings (SSSR count). The Balaban J connectivity index is 1.87. The van der Waals surface area contributed by atoms with Gasteiger partial charge in [-0.25, -0.2) is 0 Å². The molecule has 0 aromatic heterocycles. The molecule has 2 aliphatic rings. The third-order valence-corrected chi connectivity index (χ3v) is 14.6. The summed E-state index contributed by atoms with van der Waals surface area (Å²) in [6.45, 7) is 11.1. The maximum atomic E-state index is 12.8. The maximum absolute atomic E-state index is 12.8. The molecule has 370 valence electrons. The first-order chi connectivity index (χ1) is 31.2. The molecule has 2 saturated heterocycles. The van der Waals surface area contributed by atoms with Crippen LogP contribution in [0.3, 0.4) is 0 Å². The summed E-state index contributed by atoms with van der Waals surface area (Å²) in [5, 5.41) is 10.9. The van der Waals surface area contributed by atoms with Gasteiger partial charge in [0.1, 0.15) is 0 Å². The Bertz CT molecular complexity index is 1560. The van der Waals surface area contributed by atoms with Crippen molar-refractivity contribution in [2.45, 2.75) is 134 Å². The Morgan fingerprint density at radius 3 is 1.91 bits per heavy atom. The van der Waals surface area contributed by atoms with E-state index in [1.165, 1.54) is 33.3 Å². The summed E-state index contributed by atoms with van der Waals surface area (Å²) in [5.74, 6) is -0.496. The van der Waals surface area contributed by atoms with E-state index in [0.29, 0.717) is 32.1 Å². The molecule has 0 radical (unpaired) electrons. The van der Waals surface area contributed by atoms with Gasteiger partial charge >= 0.3 is 0 Å². The van der Waals surface area contributed by atoms with Gasteiger partial charge in [-0.3, -0.25) is 57.9 Å². The predicted molar refractivity (Wildman–Crippen MR) is 252 cm³/mol. The number of hydrogen-bond acceptors (Lipinski definition) is 14. The Kier molecular flexibility index (Phi) is 28.5. The highest BCUT2D eigenvalue weighted by molar-refractivity contribution is 8.00. The van der Waals surface area contributed by atoms with E-state index >= 15 is 0 Å². The second kappa shape index (κ2) is 32.2. The van der Waals surface area contributed by atoms with E-state index in [-0.39, 0.29) is 167 Å². The molecular formula is C45H77N7O11S2. The molecule has 2 aliphatic heterocycles. The van der Waals surface area contributed by atoms with Crippen molar-refractivity contribution in [3.8, 4) is 0 Å². The summed E-state index contributed by atoms with van der Waals surface area (Å²) in [6.07, 6.45) is 7.10. The van der Waals surface area contributed by atoms with Crippen molar-refractivity contribution >= 4 is 77.2 Å². The number of nitrogens with one attached hydrogen (secondary N) is 4. The molecule has 0 aromatic carbocycles. The van der Waals surface area contributed by atoms with Gasteiger partial charge in [-0.2, -0.15) is 0 Å². The zero-order chi connectivity index (χ0) is 48.2. The molecule has 0 bridgehead atoms. The number of nitrogens with zero attached hydrogens (tertiary/aromatic N) is 3. The number of unbranched alkanes of at least 4 members (excludes halogenated alkanes) is 2. The molecule has 0 aromatic rings. The van der Waals surface area contributed by atoms with E-state index < -0.39 is 5.54 Å². The summed E-state index contributed by atoms with van der Waals surface area (Å²) in [6, 6.07) is 0. The molecule has 2 heterocycles. The highest BCUT2D eigenvalue weighted by atomic mass is 32.2. The van der Waals surface area contributed by atoms with Gasteiger partial charge in [-0.15, -0.1) is 23.5 Å². The van der Waals surface area contributed by atoms with E-state index in [1.807, 2.05) is 27.7 Å². The lowest BCUT2D eigenvalue weighted by atomic mass is 9.90. The van der Waals surface area contributed by atoms with Gasteiger partial charge in [0, 0.05) is 77.3 Å². The van der Waals surface area contributed by atoms with Crippen LogP contribution in [0.5, 0.6) is 0 Å². The normalized spacial score (nSPS) is 18.1. The van der Waals surface area contributed by atoms with Crippen molar-refractivity contribution in [1.82, 2.24) is 36.0 Å². The second-order valence-electron chi connectivity index (χ2n) is 16.7. The van der Waals surface area contributed by atoms with Crippen LogP contribution in [0.4, 0.5) is 0 Å². The molecule has 65 heavy (non-hydrogen) atoms. The van der Waals surface area contributed by atoms with E-state index in [1.54, 1.807) is 7.05 Å². The largest absolute Gasteiger partial charge is 0.379 e. The lowest BCUT2D eigenvalue weighted by Crippen LogP contribution is -2.51. The third kappa shape index (κ3) is 20.4. The van der Waals surface area contributed by atoms with Gasteiger partial charge < -0.3 is 30.7 Å². The number of imide groups is 3. The highest BCUT2D eigenvalue weighted by Crippen LogP contribution is 2.28. The van der Waals surface area contributed by atoms with Crippen LogP contribution < -0.4 is 21.3 Å². The van der Waals surface area contributed by atoms with Crippen molar-refractivity contribution < 1.29 is 52.6 Å². The van der Waals surface area contributed by atoms with Gasteiger partial charge in [0.05, 0.1) is 42.5 Å². The minimum atomic E-state index is -0.745. The summed E-state index contributed by atoms with van der Waals surface area (Å²) < 4.78 is 12.0. The molecule has 9 amide bonds. The number of carbonyl (C=O) groups excluding carboxylic acids is 9. The molecule has 0 spiro atoms. The highest BCUT2D eigenvalue weighted by Gasteiger charge is 2.41. The smallest absolute Gasteiger partial charge is 0.242 e. The molecule has 0 saturated carbocycles. The second-order valence-corrected chi connectivity index (χ2v) is 19.3. The number of likely N-dealkylation sites (tertiary alicyclic amines) is 2. The van der Waals surface area contributed by atoms with Crippen LogP contribution in [0, 0.1) is 11.8 Å². The van der Waals surface area contributed by atoms with Crippen LogP contribution in [-0.4, -0.2) is 169 Å². The average molecular weight is 956 g/mol. The number of ether oxygens (including phenoxy) is 2. The van der Waals surface area contributed by atoms with Crippen molar-refractivity contribution in [2.75, 3.05) is 84.2 Å². The molecule has 5 atom stereocenters. The van der Waals surface area contributed by atoms with Gasteiger partial charge in [0.15, 0.2) is 0 Å². The van der Waals surface area contributed by atoms with Crippen molar-refractivity contribution in [3.05, 3.63) is 0 Å². The molecule has 2 fully saturated rings. The quantitative estimate of drug-likeness (QED) is 0.0399. The number of thioether (sulfide) groups is 2. The van der Waals surface area contributed by atoms with Gasteiger partial charge in [0.2, 0.25) is 53.7 Å². The molecular weight excluding hydrogens is 879 g/mol. The molecule has 20 heteroatoms. The first kappa shape index (κ1) is 57.5. The van der Waals surface area contributed by atoms with Gasteiger partial charge in [-0.1, -0.05) is 53.9 Å². The molecule has 0 aliphatic carbocycles. The van der Waals surface area contributed by atoms with Gasteiger partial charge in [0.25, 0.3) is 0 Å². The van der Waals surface area contributed by atoms with Crippen LogP contribution in [0.25, 0.3) is 0 Å². The number of rotatable bonds is 37. The Hall–Kier alpha value is -3.59. The van der Waals surface area contributed by atoms with Crippen LogP contribution in [-0.2, 0) is 52.6 Å². The zero-order valence-electron chi connectivity index (χ0n) is 39.7. The minimum Gasteiger partial charge on any atom is -0.379 e. The lowest BCUT2D eigenvalue weighted by Gasteiger charge is -2.33. The van der Waals surface area contributed by atoms with Crippen LogP contribution in [0.2, 0.25) is 0 Å². The van der Waals surface area contributed by atoms with Gasteiger partial charge in [-0.05, 0) is 56.6 Å². The van der Waals surface area contributed by atoms with Crippen LogP contribution in [0.15, 0.2) is 0 Å². The monoisotopic (exact) mass is 956 g/mol. The van der Waals surface area contributed by atoms with Crippen LogP contribution in [0.1, 0.15) is 118 Å². The lowest BCUT2D eigenvalue weighted by molar-refractivity contribution is -0.141. The maximum Gasteiger partial charge on any atom is 0.242 e. The fourth-order valence-electron chi connectivity index (χ4n) is 7.35. The first-order valence-corrected chi connectivity index (χ1v) is 25.6. The standard InChI is InChI=1S/C45H77N7O11S2/c1-7-11-27-65-36-29-41(58)52(44(36)61)23-20-49-39(56)16-25-63-31-45(46-6,17-13-12-14-37(54)47-18-21-50(32-53)43(60)35(10-4)64-26-8-2)30-62-24-15-38(55)48-19-22-51-40(57)28-34(42(51)59)33(5)9-3/h32-36,46H,7-31H2,1-6H3,(H,47,54)(H,48,55)(H,49,56). The fraction of sp³-hybridized carbons (Fsp3) is 0.800. The number of amides is 9. The van der Waals surface area contributed by atoms with Crippen molar-refractivity contribution in [3.63, 3.8) is 0 Å². The summed E-state index contributed by atoms with van der Waals surface area (Å²) in [5.41, 5.74) is -0.745. The molecule has 4 N–H and O–H groups in total. The Morgan fingerprint density at radius 2 is 1.35 bits per heavy atom. The molecule has 5 unspecified atom stereocenters. The number of carbonyl (C=O) groups is 9. The number of hydrogen-bond donors (Lipinski definition) is 4. The fourth-order valence-corrected chi connectivity index (χ4v) is 9.65. The summed E-state index contributed by atoms with van der Waals surface area (Å²) in [4.78, 5) is 116. The Labute approximate surface area is 394 Å². The van der Waals surface area contributed by atoms with E-state index in [4.69, 9.17) is 9.47 Å². The topological polar surface area (TPSA) is 230 Å². The zero-order valence-corrected chi connectivity index (χ0v) is 41.3. The average Bonchev–Trinajstić information content (AvgIpc) is 3.73. The van der Waals surface area contributed by atoms with E-state index in [2.05, 4.69) is 28.2 Å². The van der Waals surface area contributed by atoms with Crippen LogP contribution >= 0.6 is 23.5 Å². The van der Waals surface area contributed by atoms with Crippen molar-refractivity contribution in [2.24, 2.45) is 11.8 Å². The SMILES string of the molecule is CCCCSC1CC(=O)N(CCNC(=O)CCOCC(CCCCC(=O)NCCN(C=O)C(=O)C(CC)SCCC)(COCCC(=O)NCCN2C(=O)CC(C(C)CC)C2=O)NC)C1=O. The Morgan fingerprint density at radius 1 is 0.769 bits per heavy atom. The molecule has 18 nitrogen and oxygen atoms in total. The van der Waals surface area contributed by atoms with Crippen molar-refractivity contribution in [1.29, 1.82) is 0 Å². The van der Waals surface area contributed by atoms with E-state index in [0.717, 1.165) is 42.1 Å². The third-order valence-electron chi connectivity index (χ3n) is 11.7.